The van der Waals surface area contributed by atoms with E-state index in [1.165, 1.54) is 6.21 Å². The van der Waals surface area contributed by atoms with Crippen molar-refractivity contribution in [1.82, 2.24) is 4.98 Å². The Hall–Kier alpha value is -1.30. The lowest BCUT2D eigenvalue weighted by Crippen LogP contribution is -2.25. The van der Waals surface area contributed by atoms with Gasteiger partial charge in [-0.05, 0) is 45.0 Å². The van der Waals surface area contributed by atoms with Crippen molar-refractivity contribution in [3.63, 3.8) is 0 Å². The molecular weight excluding hydrogens is 308 g/mol. The molecule has 2 rings (SSSR count). The molecule has 1 heterocycles. The second-order valence-corrected chi connectivity index (χ2v) is 7.81. The van der Waals surface area contributed by atoms with Crippen LogP contribution in [0.15, 0.2) is 28.7 Å². The molecule has 6 heteroatoms. The van der Waals surface area contributed by atoms with Crippen LogP contribution in [0.25, 0.3) is 10.9 Å². The molecule has 0 spiro atoms. The van der Waals surface area contributed by atoms with Crippen LogP contribution < -0.4 is 4.74 Å². The highest BCUT2D eigenvalue weighted by molar-refractivity contribution is 7.91. The van der Waals surface area contributed by atoms with E-state index in [1.807, 2.05) is 45.0 Å². The summed E-state index contributed by atoms with van der Waals surface area (Å²) in [6.45, 7) is 5.60. The number of ether oxygens (including phenoxy) is 1. The molecule has 0 aliphatic rings. The fraction of sp³-hybridized carbons (Fsp3) is 0.333. The molecule has 112 valence electrons. The van der Waals surface area contributed by atoms with Crippen LogP contribution in [0.2, 0.25) is 5.15 Å². The Balaban J connectivity index is 2.40. The average Bonchev–Trinajstić information content (AvgIpc) is 2.43. The summed E-state index contributed by atoms with van der Waals surface area (Å²) in [5, 5.41) is 1.23. The summed E-state index contributed by atoms with van der Waals surface area (Å²) in [5.74, 6) is 0.743. The summed E-state index contributed by atoms with van der Waals surface area (Å²) in [5.41, 5.74) is 1.41. The van der Waals surface area contributed by atoms with Gasteiger partial charge in [-0.2, -0.15) is 0 Å². The van der Waals surface area contributed by atoms with E-state index in [1.54, 1.807) is 7.11 Å². The maximum absolute atomic E-state index is 11.9. The molecule has 0 saturated heterocycles. The molecule has 0 saturated carbocycles. The molecule has 0 aliphatic carbocycles. The van der Waals surface area contributed by atoms with Crippen LogP contribution in [0.5, 0.6) is 5.75 Å². The smallest absolute Gasteiger partial charge is 0.144 e. The average molecular weight is 325 g/mol. The van der Waals surface area contributed by atoms with Gasteiger partial charge in [0.2, 0.25) is 0 Å². The second-order valence-electron chi connectivity index (χ2n) is 5.52. The Morgan fingerprint density at radius 3 is 2.67 bits per heavy atom. The van der Waals surface area contributed by atoms with E-state index in [0.717, 1.165) is 16.7 Å². The SMILES string of the molecule is COc1ccc2nc(Cl)c(/C=N/[S+]([O-])C(C)(C)C)cc2c1. The lowest BCUT2D eigenvalue weighted by atomic mass is 10.1. The lowest BCUT2D eigenvalue weighted by Gasteiger charge is -2.17. The van der Waals surface area contributed by atoms with Gasteiger partial charge in [0, 0.05) is 10.9 Å². The first-order chi connectivity index (χ1) is 9.81. The van der Waals surface area contributed by atoms with Crippen molar-refractivity contribution in [2.24, 2.45) is 4.40 Å². The highest BCUT2D eigenvalue weighted by atomic mass is 35.5. The maximum atomic E-state index is 11.9. The van der Waals surface area contributed by atoms with Gasteiger partial charge in [-0.25, -0.2) is 4.98 Å². The minimum absolute atomic E-state index is 0.335. The molecule has 21 heavy (non-hydrogen) atoms. The molecule has 1 atom stereocenters. The zero-order chi connectivity index (χ0) is 15.6. The van der Waals surface area contributed by atoms with Crippen LogP contribution >= 0.6 is 11.6 Å². The van der Waals surface area contributed by atoms with E-state index in [-0.39, 0.29) is 0 Å². The lowest BCUT2D eigenvalue weighted by molar-refractivity contribution is 0.415. The van der Waals surface area contributed by atoms with Crippen molar-refractivity contribution in [3.8, 4) is 5.75 Å². The summed E-state index contributed by atoms with van der Waals surface area (Å²) in [6, 6.07) is 7.40. The molecule has 0 N–H and O–H groups in total. The van der Waals surface area contributed by atoms with Crippen LogP contribution in [0.3, 0.4) is 0 Å². The third-order valence-corrected chi connectivity index (χ3v) is 4.46. The number of benzene rings is 1. The number of pyridine rings is 1. The Labute approximate surface area is 132 Å². The first-order valence-electron chi connectivity index (χ1n) is 6.41. The van der Waals surface area contributed by atoms with Crippen molar-refractivity contribution in [3.05, 3.63) is 35.0 Å². The van der Waals surface area contributed by atoms with E-state index >= 15 is 0 Å². The summed E-state index contributed by atoms with van der Waals surface area (Å²) in [6.07, 6.45) is 1.51. The summed E-state index contributed by atoms with van der Waals surface area (Å²) >= 11 is 4.81. The number of fused-ring (bicyclic) bond motifs is 1. The Morgan fingerprint density at radius 1 is 1.33 bits per heavy atom. The van der Waals surface area contributed by atoms with Gasteiger partial charge in [0.1, 0.15) is 27.0 Å². The highest BCUT2D eigenvalue weighted by Crippen LogP contribution is 2.24. The topological polar surface area (TPSA) is 57.5 Å². The largest absolute Gasteiger partial charge is 0.591 e. The Kier molecular flexibility index (Phi) is 4.76. The minimum atomic E-state index is -1.33. The molecule has 0 amide bonds. The zero-order valence-corrected chi connectivity index (χ0v) is 14.0. The van der Waals surface area contributed by atoms with Gasteiger partial charge in [0.25, 0.3) is 0 Å². The molecule has 1 aromatic carbocycles. The Bertz CT molecular complexity index is 683. The van der Waals surface area contributed by atoms with Gasteiger partial charge in [0.05, 0.1) is 18.8 Å². The van der Waals surface area contributed by atoms with E-state index in [4.69, 9.17) is 16.3 Å². The number of hydrogen-bond donors (Lipinski definition) is 0. The minimum Gasteiger partial charge on any atom is -0.591 e. The summed E-state index contributed by atoms with van der Waals surface area (Å²) in [7, 11) is 1.61. The van der Waals surface area contributed by atoms with E-state index < -0.39 is 16.1 Å². The first kappa shape index (κ1) is 16.1. The number of rotatable bonds is 3. The van der Waals surface area contributed by atoms with Crippen LogP contribution in [0.4, 0.5) is 0 Å². The third-order valence-electron chi connectivity index (χ3n) is 2.81. The van der Waals surface area contributed by atoms with Crippen molar-refractivity contribution in [2.75, 3.05) is 7.11 Å². The Morgan fingerprint density at radius 2 is 2.05 bits per heavy atom. The highest BCUT2D eigenvalue weighted by Gasteiger charge is 2.25. The summed E-state index contributed by atoms with van der Waals surface area (Å²) < 4.78 is 20.8. The number of hydrogen-bond acceptors (Lipinski definition) is 4. The van der Waals surface area contributed by atoms with E-state index in [2.05, 4.69) is 9.38 Å². The first-order valence-corrected chi connectivity index (χ1v) is 7.90. The van der Waals surface area contributed by atoms with Gasteiger partial charge in [0.15, 0.2) is 0 Å². The van der Waals surface area contributed by atoms with Crippen LogP contribution in [0.1, 0.15) is 26.3 Å². The second kappa shape index (κ2) is 6.22. The molecule has 0 radical (unpaired) electrons. The normalized spacial score (nSPS) is 13.8. The molecule has 1 aromatic heterocycles. The van der Waals surface area contributed by atoms with Gasteiger partial charge in [-0.3, -0.25) is 0 Å². The number of halogens is 1. The van der Waals surface area contributed by atoms with Gasteiger partial charge >= 0.3 is 0 Å². The van der Waals surface area contributed by atoms with Gasteiger partial charge in [-0.15, -0.1) is 0 Å². The third kappa shape index (κ3) is 3.87. The van der Waals surface area contributed by atoms with E-state index in [9.17, 15) is 4.55 Å². The molecular formula is C15H17ClN2O2S. The molecule has 0 bridgehead atoms. The monoisotopic (exact) mass is 324 g/mol. The zero-order valence-electron chi connectivity index (χ0n) is 12.4. The fourth-order valence-electron chi connectivity index (χ4n) is 1.63. The predicted molar refractivity (Wildman–Crippen MR) is 88.8 cm³/mol. The molecule has 0 aliphatic heterocycles. The molecule has 4 nitrogen and oxygen atoms in total. The van der Waals surface area contributed by atoms with Crippen LogP contribution in [-0.2, 0) is 11.4 Å². The summed E-state index contributed by atoms with van der Waals surface area (Å²) in [4.78, 5) is 4.31. The van der Waals surface area contributed by atoms with Crippen LogP contribution in [0, 0.1) is 0 Å². The predicted octanol–water partition coefficient (Wildman–Crippen LogP) is 3.78. The number of aromatic nitrogens is 1. The van der Waals surface area contributed by atoms with Gasteiger partial charge in [-0.1, -0.05) is 16.0 Å². The maximum Gasteiger partial charge on any atom is 0.144 e. The van der Waals surface area contributed by atoms with E-state index in [0.29, 0.717) is 10.7 Å². The molecule has 0 fully saturated rings. The van der Waals surface area contributed by atoms with Crippen molar-refractivity contribution in [2.45, 2.75) is 25.5 Å². The van der Waals surface area contributed by atoms with Crippen molar-refractivity contribution < 1.29 is 9.29 Å². The number of nitrogens with zero attached hydrogens (tertiary/aromatic N) is 2. The van der Waals surface area contributed by atoms with Crippen LogP contribution in [-0.4, -0.2) is 27.6 Å². The van der Waals surface area contributed by atoms with Crippen molar-refractivity contribution in [1.29, 1.82) is 0 Å². The quantitative estimate of drug-likeness (QED) is 0.490. The standard InChI is InChI=1S/C15H17ClN2O2S/c1-15(2,3)21(19)17-9-11-7-10-8-12(20-4)5-6-13(10)18-14(11)16/h5-9H,1-4H3/b17-9+. The fourth-order valence-corrected chi connectivity index (χ4v) is 2.35. The van der Waals surface area contributed by atoms with Gasteiger partial charge < -0.3 is 9.29 Å². The van der Waals surface area contributed by atoms with Crippen molar-refractivity contribution >= 4 is 40.1 Å². The molecule has 1 unspecified atom stereocenters. The number of methoxy groups -OCH3 is 1. The molecule has 2 aromatic rings.